The molecule has 0 unspecified atom stereocenters. The van der Waals surface area contributed by atoms with Gasteiger partial charge < -0.3 is 24.4 Å². The molecule has 0 heterocycles. The first kappa shape index (κ1) is 35.5. The molecule has 0 aliphatic rings. The lowest BCUT2D eigenvalue weighted by Crippen LogP contribution is -2.53. The SMILES string of the molecule is CC[C@H](C)NC(=O)[C@H](CC)N(Cc1cccc(C)c1)C(=O)CN(c1cc(Cl)ccc1OC)S(=O)(=O)c1ccc(OC)c(OC)c1. The topological polar surface area (TPSA) is 114 Å². The first-order valence-electron chi connectivity index (χ1n) is 14.6. The Labute approximate surface area is 271 Å². The van der Waals surface area contributed by atoms with Gasteiger partial charge >= 0.3 is 0 Å². The number of halogens is 1. The minimum absolute atomic E-state index is 0.0562. The predicted molar refractivity (Wildman–Crippen MR) is 176 cm³/mol. The number of anilines is 1. The van der Waals surface area contributed by atoms with Crippen molar-refractivity contribution >= 4 is 39.1 Å². The van der Waals surface area contributed by atoms with Crippen molar-refractivity contribution in [3.63, 3.8) is 0 Å². The number of methoxy groups -OCH3 is 3. The number of nitrogens with one attached hydrogen (secondary N) is 1. The minimum atomic E-state index is -4.43. The third-order valence-electron chi connectivity index (χ3n) is 7.45. The van der Waals surface area contributed by atoms with Crippen molar-refractivity contribution in [2.24, 2.45) is 0 Å². The van der Waals surface area contributed by atoms with E-state index in [0.29, 0.717) is 18.6 Å². The van der Waals surface area contributed by atoms with Crippen LogP contribution in [0.15, 0.2) is 65.6 Å². The van der Waals surface area contributed by atoms with Crippen LogP contribution in [-0.2, 0) is 26.2 Å². The molecule has 10 nitrogen and oxygen atoms in total. The van der Waals surface area contributed by atoms with Crippen LogP contribution in [0.3, 0.4) is 0 Å². The van der Waals surface area contributed by atoms with Crippen LogP contribution >= 0.6 is 11.6 Å². The number of rotatable bonds is 15. The van der Waals surface area contributed by atoms with Gasteiger partial charge in [0.05, 0.1) is 31.9 Å². The smallest absolute Gasteiger partial charge is 0.265 e. The van der Waals surface area contributed by atoms with Gasteiger partial charge in [0.25, 0.3) is 10.0 Å². The monoisotopic (exact) mass is 659 g/mol. The van der Waals surface area contributed by atoms with E-state index in [1.165, 1.54) is 56.6 Å². The van der Waals surface area contributed by atoms with E-state index in [-0.39, 0.29) is 45.6 Å². The molecule has 0 aliphatic carbocycles. The molecule has 0 fully saturated rings. The number of carbonyl (C=O) groups excluding carboxylic acids is 2. The summed E-state index contributed by atoms with van der Waals surface area (Å²) >= 11 is 6.34. The first-order chi connectivity index (χ1) is 21.4. The molecule has 45 heavy (non-hydrogen) atoms. The van der Waals surface area contributed by atoms with Crippen molar-refractivity contribution < 1.29 is 32.2 Å². The molecular formula is C33H42ClN3O7S. The van der Waals surface area contributed by atoms with Gasteiger partial charge in [0, 0.05) is 23.7 Å². The largest absolute Gasteiger partial charge is 0.495 e. The lowest BCUT2D eigenvalue weighted by molar-refractivity contribution is -0.140. The highest BCUT2D eigenvalue weighted by Crippen LogP contribution is 2.37. The summed E-state index contributed by atoms with van der Waals surface area (Å²) < 4.78 is 45.9. The Bertz CT molecular complexity index is 1600. The maximum Gasteiger partial charge on any atom is 0.265 e. The highest BCUT2D eigenvalue weighted by molar-refractivity contribution is 7.92. The third kappa shape index (κ3) is 8.61. The van der Waals surface area contributed by atoms with Crippen molar-refractivity contribution in [3.05, 3.63) is 76.8 Å². The van der Waals surface area contributed by atoms with E-state index in [0.717, 1.165) is 15.4 Å². The molecule has 244 valence electrons. The van der Waals surface area contributed by atoms with Gasteiger partial charge in [0.1, 0.15) is 18.3 Å². The van der Waals surface area contributed by atoms with E-state index in [1.54, 1.807) is 6.07 Å². The molecule has 0 spiro atoms. The van der Waals surface area contributed by atoms with E-state index in [9.17, 15) is 18.0 Å². The van der Waals surface area contributed by atoms with Crippen molar-refractivity contribution in [2.75, 3.05) is 32.2 Å². The summed E-state index contributed by atoms with van der Waals surface area (Å²) in [6.07, 6.45) is 1.02. The van der Waals surface area contributed by atoms with Crippen LogP contribution in [0, 0.1) is 6.92 Å². The van der Waals surface area contributed by atoms with Gasteiger partial charge in [0.2, 0.25) is 11.8 Å². The third-order valence-corrected chi connectivity index (χ3v) is 9.44. The van der Waals surface area contributed by atoms with Crippen LogP contribution in [0.4, 0.5) is 5.69 Å². The number of nitrogens with zero attached hydrogens (tertiary/aromatic N) is 2. The van der Waals surface area contributed by atoms with E-state index < -0.39 is 28.5 Å². The Morgan fingerprint density at radius 1 is 0.889 bits per heavy atom. The Morgan fingerprint density at radius 2 is 1.56 bits per heavy atom. The highest BCUT2D eigenvalue weighted by atomic mass is 35.5. The summed E-state index contributed by atoms with van der Waals surface area (Å²) in [4.78, 5) is 29.2. The molecular weight excluding hydrogens is 618 g/mol. The first-order valence-corrected chi connectivity index (χ1v) is 16.5. The Hall–Kier alpha value is -3.96. The van der Waals surface area contributed by atoms with Crippen LogP contribution in [0.2, 0.25) is 5.02 Å². The van der Waals surface area contributed by atoms with Crippen molar-refractivity contribution in [2.45, 2.75) is 64.1 Å². The lowest BCUT2D eigenvalue weighted by atomic mass is 10.1. The number of hydrogen-bond acceptors (Lipinski definition) is 7. The van der Waals surface area contributed by atoms with E-state index in [2.05, 4.69) is 5.32 Å². The number of hydrogen-bond donors (Lipinski definition) is 1. The van der Waals surface area contributed by atoms with Crippen LogP contribution in [0.5, 0.6) is 17.2 Å². The van der Waals surface area contributed by atoms with Crippen LogP contribution < -0.4 is 23.8 Å². The number of aryl methyl sites for hydroxylation is 1. The maximum absolute atomic E-state index is 14.4. The summed E-state index contributed by atoms with van der Waals surface area (Å²) in [5.41, 5.74) is 1.84. The molecule has 1 N–H and O–H groups in total. The molecule has 3 aromatic carbocycles. The van der Waals surface area contributed by atoms with Crippen molar-refractivity contribution in [3.8, 4) is 17.2 Å². The van der Waals surface area contributed by atoms with E-state index in [1.807, 2.05) is 52.0 Å². The molecule has 0 saturated heterocycles. The van der Waals surface area contributed by atoms with Crippen LogP contribution in [0.25, 0.3) is 0 Å². The lowest BCUT2D eigenvalue weighted by Gasteiger charge is -2.34. The minimum Gasteiger partial charge on any atom is -0.495 e. The van der Waals surface area contributed by atoms with Crippen molar-refractivity contribution in [1.82, 2.24) is 10.2 Å². The van der Waals surface area contributed by atoms with Gasteiger partial charge in [-0.05, 0) is 62.6 Å². The van der Waals surface area contributed by atoms with Crippen LogP contribution in [-0.4, -0.2) is 65.1 Å². The Kier molecular flexibility index (Phi) is 12.5. The Morgan fingerprint density at radius 3 is 2.16 bits per heavy atom. The summed E-state index contributed by atoms with van der Waals surface area (Å²) in [5.74, 6) is -0.196. The number of carbonyl (C=O) groups is 2. The molecule has 3 rings (SSSR count). The van der Waals surface area contributed by atoms with Crippen molar-refractivity contribution in [1.29, 1.82) is 0 Å². The predicted octanol–water partition coefficient (Wildman–Crippen LogP) is 5.59. The molecule has 2 atom stereocenters. The molecule has 0 aromatic heterocycles. The quantitative estimate of drug-likeness (QED) is 0.226. The summed E-state index contributed by atoms with van der Waals surface area (Å²) in [7, 11) is -0.199. The second-order valence-corrected chi connectivity index (χ2v) is 12.9. The van der Waals surface area contributed by atoms with Gasteiger partial charge in [-0.2, -0.15) is 0 Å². The van der Waals surface area contributed by atoms with E-state index in [4.69, 9.17) is 25.8 Å². The van der Waals surface area contributed by atoms with Gasteiger partial charge in [0.15, 0.2) is 11.5 Å². The zero-order chi connectivity index (χ0) is 33.3. The van der Waals surface area contributed by atoms with Gasteiger partial charge in [-0.3, -0.25) is 13.9 Å². The van der Waals surface area contributed by atoms with E-state index >= 15 is 0 Å². The molecule has 0 saturated carbocycles. The normalized spacial score (nSPS) is 12.5. The summed E-state index contributed by atoms with van der Waals surface area (Å²) in [5, 5.41) is 3.21. The number of sulfonamides is 1. The average molecular weight is 660 g/mol. The van der Waals surface area contributed by atoms with Gasteiger partial charge in [-0.1, -0.05) is 55.3 Å². The van der Waals surface area contributed by atoms with Gasteiger partial charge in [-0.15, -0.1) is 0 Å². The number of amides is 2. The second kappa shape index (κ2) is 15.9. The molecule has 12 heteroatoms. The fourth-order valence-electron chi connectivity index (χ4n) is 4.84. The second-order valence-electron chi connectivity index (χ2n) is 10.6. The molecule has 3 aromatic rings. The standard InChI is InChI=1S/C33H42ClN3O7S/c1-8-23(4)35-33(39)27(9-2)36(20-24-12-10-11-22(3)17-24)32(38)21-37(28-18-25(34)13-15-29(28)42-5)45(40,41)26-14-16-30(43-6)31(19-26)44-7/h10-19,23,27H,8-9,20-21H2,1-7H3,(H,35,39)/t23-,27-/m0/s1. The maximum atomic E-state index is 14.4. The summed E-state index contributed by atoms with van der Waals surface area (Å²) in [6.45, 7) is 7.04. The van der Waals surface area contributed by atoms with Gasteiger partial charge in [-0.25, -0.2) is 8.42 Å². The molecule has 0 bridgehead atoms. The zero-order valence-electron chi connectivity index (χ0n) is 26.8. The fourth-order valence-corrected chi connectivity index (χ4v) is 6.44. The molecule has 0 radical (unpaired) electrons. The molecule has 2 amide bonds. The number of ether oxygens (including phenoxy) is 3. The number of benzene rings is 3. The summed E-state index contributed by atoms with van der Waals surface area (Å²) in [6, 6.07) is 15.3. The van der Waals surface area contributed by atoms with Crippen LogP contribution in [0.1, 0.15) is 44.7 Å². The average Bonchev–Trinajstić information content (AvgIpc) is 3.02. The fraction of sp³-hybridized carbons (Fsp3) is 0.394. The Balaban J connectivity index is 2.18. The molecule has 0 aliphatic heterocycles. The zero-order valence-corrected chi connectivity index (χ0v) is 28.4. The highest BCUT2D eigenvalue weighted by Gasteiger charge is 2.35.